The molecule has 1 amide bonds. The van der Waals surface area contributed by atoms with Crippen LogP contribution in [-0.4, -0.2) is 43.7 Å². The molecule has 24 heavy (non-hydrogen) atoms. The zero-order valence-corrected chi connectivity index (χ0v) is 14.1. The van der Waals surface area contributed by atoms with Gasteiger partial charge in [-0.25, -0.2) is 4.39 Å². The summed E-state index contributed by atoms with van der Waals surface area (Å²) in [4.78, 5) is 18.4. The van der Waals surface area contributed by atoms with Gasteiger partial charge in [0, 0.05) is 25.2 Å². The molecular weight excluding hydrogens is 311 g/mol. The van der Waals surface area contributed by atoms with Gasteiger partial charge in [-0.1, -0.05) is 0 Å². The van der Waals surface area contributed by atoms with Crippen LogP contribution in [0.2, 0.25) is 0 Å². The fourth-order valence-electron chi connectivity index (χ4n) is 3.35. The Balaban J connectivity index is 1.70. The first kappa shape index (κ1) is 17.0. The number of rotatable bonds is 5. The van der Waals surface area contributed by atoms with E-state index in [0.717, 1.165) is 45.3 Å². The minimum absolute atomic E-state index is 0.0601. The largest absolute Gasteiger partial charge is 0.481 e. The van der Waals surface area contributed by atoms with Gasteiger partial charge in [0.05, 0.1) is 13.2 Å². The molecule has 2 aliphatic heterocycles. The Kier molecular flexibility index (Phi) is 5.50. The predicted molar refractivity (Wildman–Crippen MR) is 89.7 cm³/mol. The van der Waals surface area contributed by atoms with Crippen LogP contribution in [0.1, 0.15) is 37.7 Å². The van der Waals surface area contributed by atoms with Crippen molar-refractivity contribution in [2.45, 2.75) is 44.7 Å². The van der Waals surface area contributed by atoms with Gasteiger partial charge < -0.3 is 20.3 Å². The molecule has 7 heteroatoms. The van der Waals surface area contributed by atoms with Crippen LogP contribution < -0.4 is 20.3 Å². The van der Waals surface area contributed by atoms with Crippen molar-refractivity contribution in [1.29, 1.82) is 0 Å². The van der Waals surface area contributed by atoms with Crippen LogP contribution >= 0.6 is 0 Å². The molecule has 2 N–H and O–H groups in total. The standard InChI is InChI=1S/C17H25FN4O2/c1-24-17-12(11-20-16(23)14-6-5-7-19-14)10-13(18)15(21-17)22-8-3-2-4-9-22/h10,14,19H,2-9,11H2,1H3,(H,20,23)/t14-/m0/s1. The normalized spacial score (nSPS) is 20.9. The molecule has 2 aliphatic rings. The van der Waals surface area contributed by atoms with E-state index in [-0.39, 0.29) is 24.3 Å². The average Bonchev–Trinajstić information content (AvgIpc) is 3.15. The van der Waals surface area contributed by atoms with Crippen LogP contribution in [0.15, 0.2) is 6.07 Å². The molecule has 0 saturated carbocycles. The number of halogens is 1. The smallest absolute Gasteiger partial charge is 0.237 e. The van der Waals surface area contributed by atoms with Crippen molar-refractivity contribution in [3.05, 3.63) is 17.4 Å². The summed E-state index contributed by atoms with van der Waals surface area (Å²) in [5.41, 5.74) is 0.558. The Morgan fingerprint density at radius 2 is 2.21 bits per heavy atom. The number of anilines is 1. The SMILES string of the molecule is COc1nc(N2CCCCC2)c(F)cc1CNC(=O)[C@@H]1CCCN1. The number of hydrogen-bond donors (Lipinski definition) is 2. The molecular formula is C17H25FN4O2. The lowest BCUT2D eigenvalue weighted by atomic mass is 10.1. The summed E-state index contributed by atoms with van der Waals surface area (Å²) in [5, 5.41) is 5.99. The van der Waals surface area contributed by atoms with Crippen molar-refractivity contribution in [2.75, 3.05) is 31.6 Å². The molecule has 0 unspecified atom stereocenters. The minimum Gasteiger partial charge on any atom is -0.481 e. The summed E-state index contributed by atoms with van der Waals surface area (Å²) in [5.74, 6) is 0.298. The molecule has 0 spiro atoms. The van der Waals surface area contributed by atoms with Crippen LogP contribution in [0.5, 0.6) is 5.88 Å². The van der Waals surface area contributed by atoms with E-state index in [1.165, 1.54) is 19.6 Å². The van der Waals surface area contributed by atoms with E-state index in [9.17, 15) is 9.18 Å². The number of nitrogens with one attached hydrogen (secondary N) is 2. The Morgan fingerprint density at radius 3 is 2.88 bits per heavy atom. The van der Waals surface area contributed by atoms with Gasteiger partial charge in [0.25, 0.3) is 0 Å². The van der Waals surface area contributed by atoms with Crippen molar-refractivity contribution in [1.82, 2.24) is 15.6 Å². The highest BCUT2D eigenvalue weighted by atomic mass is 19.1. The lowest BCUT2D eigenvalue weighted by molar-refractivity contribution is -0.122. The van der Waals surface area contributed by atoms with Crippen LogP contribution in [0, 0.1) is 5.82 Å². The van der Waals surface area contributed by atoms with E-state index in [1.807, 2.05) is 4.90 Å². The summed E-state index contributed by atoms with van der Waals surface area (Å²) in [6.07, 6.45) is 5.12. The van der Waals surface area contributed by atoms with Crippen molar-refractivity contribution in [3.8, 4) is 5.88 Å². The van der Waals surface area contributed by atoms with Gasteiger partial charge >= 0.3 is 0 Å². The van der Waals surface area contributed by atoms with E-state index in [1.54, 1.807) is 0 Å². The molecule has 132 valence electrons. The number of pyridine rings is 1. The van der Waals surface area contributed by atoms with Crippen molar-refractivity contribution >= 4 is 11.7 Å². The Bertz CT molecular complexity index is 584. The molecule has 0 aromatic carbocycles. The highest BCUT2D eigenvalue weighted by Gasteiger charge is 2.23. The zero-order valence-electron chi connectivity index (χ0n) is 14.1. The fourth-order valence-corrected chi connectivity index (χ4v) is 3.35. The number of hydrogen-bond acceptors (Lipinski definition) is 5. The van der Waals surface area contributed by atoms with Crippen LogP contribution in [0.25, 0.3) is 0 Å². The Morgan fingerprint density at radius 1 is 1.42 bits per heavy atom. The molecule has 3 rings (SSSR count). The molecule has 2 fully saturated rings. The summed E-state index contributed by atoms with van der Waals surface area (Å²) in [7, 11) is 1.52. The minimum atomic E-state index is -0.360. The number of ether oxygens (including phenoxy) is 1. The van der Waals surface area contributed by atoms with E-state index in [4.69, 9.17) is 4.74 Å². The molecule has 0 bridgehead atoms. The van der Waals surface area contributed by atoms with Gasteiger partial charge in [-0.3, -0.25) is 4.79 Å². The predicted octanol–water partition coefficient (Wildman–Crippen LogP) is 1.59. The van der Waals surface area contributed by atoms with Crippen LogP contribution in [0.3, 0.4) is 0 Å². The van der Waals surface area contributed by atoms with Gasteiger partial charge in [-0.05, 0) is 44.7 Å². The van der Waals surface area contributed by atoms with Crippen LogP contribution in [0.4, 0.5) is 10.2 Å². The van der Waals surface area contributed by atoms with E-state index in [2.05, 4.69) is 15.6 Å². The van der Waals surface area contributed by atoms with Crippen molar-refractivity contribution in [3.63, 3.8) is 0 Å². The third kappa shape index (κ3) is 3.77. The first-order chi connectivity index (χ1) is 11.7. The molecule has 1 aromatic heterocycles. The van der Waals surface area contributed by atoms with Crippen molar-refractivity contribution < 1.29 is 13.9 Å². The Hall–Kier alpha value is -1.89. The first-order valence-electron chi connectivity index (χ1n) is 8.68. The van der Waals surface area contributed by atoms with Gasteiger partial charge in [0.15, 0.2) is 11.6 Å². The highest BCUT2D eigenvalue weighted by Crippen LogP contribution is 2.27. The number of carbonyl (C=O) groups excluding carboxylic acids is 1. The highest BCUT2D eigenvalue weighted by molar-refractivity contribution is 5.82. The molecule has 1 aromatic rings. The van der Waals surface area contributed by atoms with E-state index >= 15 is 0 Å². The molecule has 2 saturated heterocycles. The number of nitrogens with zero attached hydrogens (tertiary/aromatic N) is 2. The van der Waals surface area contributed by atoms with Crippen molar-refractivity contribution in [2.24, 2.45) is 0 Å². The lowest BCUT2D eigenvalue weighted by Crippen LogP contribution is -2.40. The Labute approximate surface area is 141 Å². The third-order valence-corrected chi connectivity index (χ3v) is 4.68. The second kappa shape index (κ2) is 7.79. The van der Waals surface area contributed by atoms with E-state index in [0.29, 0.717) is 17.3 Å². The monoisotopic (exact) mass is 336 g/mol. The number of methoxy groups -OCH3 is 1. The quantitative estimate of drug-likeness (QED) is 0.855. The number of piperidine rings is 1. The maximum Gasteiger partial charge on any atom is 0.237 e. The van der Waals surface area contributed by atoms with E-state index < -0.39 is 0 Å². The first-order valence-corrected chi connectivity index (χ1v) is 8.68. The summed E-state index contributed by atoms with van der Waals surface area (Å²) >= 11 is 0. The molecule has 6 nitrogen and oxygen atoms in total. The second-order valence-electron chi connectivity index (χ2n) is 6.38. The summed E-state index contributed by atoms with van der Waals surface area (Å²) in [6, 6.07) is 1.28. The molecule has 1 atom stereocenters. The van der Waals surface area contributed by atoms with Gasteiger partial charge in [0.2, 0.25) is 11.8 Å². The zero-order chi connectivity index (χ0) is 16.9. The van der Waals surface area contributed by atoms with Crippen LogP contribution in [-0.2, 0) is 11.3 Å². The third-order valence-electron chi connectivity index (χ3n) is 4.68. The second-order valence-corrected chi connectivity index (χ2v) is 6.38. The van der Waals surface area contributed by atoms with Gasteiger partial charge in [0.1, 0.15) is 0 Å². The topological polar surface area (TPSA) is 66.5 Å². The van der Waals surface area contributed by atoms with Gasteiger partial charge in [-0.2, -0.15) is 4.98 Å². The van der Waals surface area contributed by atoms with Gasteiger partial charge in [-0.15, -0.1) is 0 Å². The molecule has 3 heterocycles. The number of aromatic nitrogens is 1. The molecule has 0 aliphatic carbocycles. The number of carbonyl (C=O) groups is 1. The summed E-state index contributed by atoms with van der Waals surface area (Å²) < 4.78 is 19.8. The molecule has 0 radical (unpaired) electrons. The maximum atomic E-state index is 14.5. The fraction of sp³-hybridized carbons (Fsp3) is 0.647. The lowest BCUT2D eigenvalue weighted by Gasteiger charge is -2.28. The summed E-state index contributed by atoms with van der Waals surface area (Å²) in [6.45, 7) is 2.71. The maximum absolute atomic E-state index is 14.5. The number of amides is 1. The average molecular weight is 336 g/mol.